The summed E-state index contributed by atoms with van der Waals surface area (Å²) >= 11 is 6.08. The Morgan fingerprint density at radius 1 is 1.16 bits per heavy atom. The molecule has 1 atom stereocenters. The molecule has 0 spiro atoms. The number of hydrogen-bond acceptors (Lipinski definition) is 4. The number of para-hydroxylation sites is 1. The van der Waals surface area contributed by atoms with Crippen LogP contribution in [0.3, 0.4) is 0 Å². The minimum Gasteiger partial charge on any atom is -0.367 e. The first-order valence-electron chi connectivity index (χ1n) is 7.91. The Bertz CT molecular complexity index is 909. The third-order valence-corrected chi connectivity index (χ3v) is 4.26. The number of rotatable bonds is 3. The van der Waals surface area contributed by atoms with Crippen molar-refractivity contribution in [1.82, 2.24) is 10.2 Å². The lowest BCUT2D eigenvalue weighted by atomic mass is 10.1. The molecule has 1 aromatic heterocycles. The summed E-state index contributed by atoms with van der Waals surface area (Å²) in [5, 5.41) is 17.3. The number of anilines is 3. The minimum atomic E-state index is -0.414. The summed E-state index contributed by atoms with van der Waals surface area (Å²) in [6.45, 7) is 0.450. The van der Waals surface area contributed by atoms with Crippen molar-refractivity contribution < 1.29 is 4.79 Å². The van der Waals surface area contributed by atoms with E-state index in [0.29, 0.717) is 17.4 Å². The summed E-state index contributed by atoms with van der Waals surface area (Å²) < 4.78 is 0. The van der Waals surface area contributed by atoms with E-state index in [4.69, 9.17) is 11.6 Å². The lowest BCUT2D eigenvalue weighted by Gasteiger charge is -2.25. The fourth-order valence-electron chi connectivity index (χ4n) is 2.80. The first-order valence-corrected chi connectivity index (χ1v) is 8.29. The molecule has 0 saturated heterocycles. The lowest BCUT2D eigenvalue weighted by Crippen LogP contribution is -2.42. The van der Waals surface area contributed by atoms with Crippen molar-refractivity contribution >= 4 is 34.7 Å². The number of benzene rings is 2. The van der Waals surface area contributed by atoms with Crippen LogP contribution < -0.4 is 16.0 Å². The highest BCUT2D eigenvalue weighted by atomic mass is 35.5. The molecule has 7 heteroatoms. The number of nitrogens with zero attached hydrogens (tertiary/aromatic N) is 1. The number of aromatic amines is 1. The van der Waals surface area contributed by atoms with Gasteiger partial charge in [-0.05, 0) is 24.3 Å². The van der Waals surface area contributed by atoms with Crippen molar-refractivity contribution in [2.24, 2.45) is 0 Å². The highest BCUT2D eigenvalue weighted by molar-refractivity contribution is 6.30. The Kier molecular flexibility index (Phi) is 4.03. The molecular weight excluding hydrogens is 338 g/mol. The molecule has 3 aromatic rings. The largest absolute Gasteiger partial charge is 0.367 e. The molecule has 0 saturated carbocycles. The molecule has 126 valence electrons. The van der Waals surface area contributed by atoms with E-state index in [9.17, 15) is 4.79 Å². The van der Waals surface area contributed by atoms with Gasteiger partial charge in [0.1, 0.15) is 11.7 Å². The molecule has 1 amide bonds. The van der Waals surface area contributed by atoms with Crippen molar-refractivity contribution in [2.75, 3.05) is 22.5 Å². The maximum absolute atomic E-state index is 12.5. The number of carbonyl (C=O) groups is 1. The first-order chi connectivity index (χ1) is 12.2. The summed E-state index contributed by atoms with van der Waals surface area (Å²) in [7, 11) is 0. The smallest absolute Gasteiger partial charge is 0.248 e. The SMILES string of the molecule is O=C(Nc1ccccc1)C1CNc2n[nH]c(-c3cccc(Cl)c3)c2N1. The Morgan fingerprint density at radius 2 is 2.00 bits per heavy atom. The fraction of sp³-hybridized carbons (Fsp3) is 0.111. The molecule has 1 unspecified atom stereocenters. The van der Waals surface area contributed by atoms with Gasteiger partial charge in [-0.2, -0.15) is 5.10 Å². The fourth-order valence-corrected chi connectivity index (χ4v) is 2.99. The minimum absolute atomic E-state index is 0.109. The van der Waals surface area contributed by atoms with Crippen molar-refractivity contribution in [3.63, 3.8) is 0 Å². The standard InChI is InChI=1S/C18H16ClN5O/c19-12-6-4-5-11(9-12)15-16-17(24-23-15)20-10-14(22-16)18(25)21-13-7-2-1-3-8-13/h1-9,14,22H,10H2,(H,21,25)(H2,20,23,24). The molecule has 6 nitrogen and oxygen atoms in total. The van der Waals surface area contributed by atoms with Gasteiger partial charge in [-0.1, -0.05) is 41.9 Å². The molecule has 4 rings (SSSR count). The van der Waals surface area contributed by atoms with Crippen molar-refractivity contribution in [3.05, 3.63) is 59.6 Å². The summed E-state index contributed by atoms with van der Waals surface area (Å²) in [5.74, 6) is 0.585. The Labute approximate surface area is 149 Å². The number of nitrogens with one attached hydrogen (secondary N) is 4. The monoisotopic (exact) mass is 353 g/mol. The van der Waals surface area contributed by atoms with Crippen LogP contribution in [0.4, 0.5) is 17.2 Å². The van der Waals surface area contributed by atoms with E-state index in [-0.39, 0.29) is 5.91 Å². The number of amides is 1. The number of H-pyrrole nitrogens is 1. The van der Waals surface area contributed by atoms with E-state index in [2.05, 4.69) is 26.1 Å². The molecule has 0 fully saturated rings. The van der Waals surface area contributed by atoms with Crippen molar-refractivity contribution in [2.45, 2.75) is 6.04 Å². The third-order valence-electron chi connectivity index (χ3n) is 4.03. The van der Waals surface area contributed by atoms with E-state index in [1.165, 1.54) is 0 Å². The van der Waals surface area contributed by atoms with E-state index in [1.54, 1.807) is 0 Å². The third kappa shape index (κ3) is 3.16. The zero-order valence-electron chi connectivity index (χ0n) is 13.2. The first kappa shape index (κ1) is 15.5. The number of halogens is 1. The molecule has 25 heavy (non-hydrogen) atoms. The predicted molar refractivity (Wildman–Crippen MR) is 100 cm³/mol. The van der Waals surface area contributed by atoms with Crippen LogP contribution in [0.5, 0.6) is 0 Å². The highest BCUT2D eigenvalue weighted by Gasteiger charge is 2.28. The van der Waals surface area contributed by atoms with Crippen LogP contribution in [-0.4, -0.2) is 28.7 Å². The van der Waals surface area contributed by atoms with Gasteiger partial charge in [0.15, 0.2) is 5.82 Å². The average molecular weight is 354 g/mol. The average Bonchev–Trinajstić information content (AvgIpc) is 3.05. The van der Waals surface area contributed by atoms with Crippen LogP contribution in [0.25, 0.3) is 11.3 Å². The van der Waals surface area contributed by atoms with Gasteiger partial charge in [0.25, 0.3) is 0 Å². The molecule has 1 aliphatic heterocycles. The maximum atomic E-state index is 12.5. The van der Waals surface area contributed by atoms with Crippen LogP contribution in [0.15, 0.2) is 54.6 Å². The number of hydrogen-bond donors (Lipinski definition) is 4. The predicted octanol–water partition coefficient (Wildman–Crippen LogP) is 3.57. The van der Waals surface area contributed by atoms with Gasteiger partial charge in [-0.15, -0.1) is 0 Å². The number of carbonyl (C=O) groups excluding carboxylic acids is 1. The van der Waals surface area contributed by atoms with Gasteiger partial charge in [0, 0.05) is 22.8 Å². The molecule has 0 aliphatic carbocycles. The van der Waals surface area contributed by atoms with Crippen LogP contribution in [0, 0.1) is 0 Å². The van der Waals surface area contributed by atoms with Crippen LogP contribution in [-0.2, 0) is 4.79 Å². The second-order valence-corrected chi connectivity index (χ2v) is 6.20. The summed E-state index contributed by atoms with van der Waals surface area (Å²) in [6, 6.07) is 16.5. The Balaban J connectivity index is 1.56. The van der Waals surface area contributed by atoms with Gasteiger partial charge >= 0.3 is 0 Å². The molecule has 2 heterocycles. The topological polar surface area (TPSA) is 81.8 Å². The molecule has 0 bridgehead atoms. The maximum Gasteiger partial charge on any atom is 0.248 e. The zero-order chi connectivity index (χ0) is 17.2. The molecular formula is C18H16ClN5O. The molecule has 1 aliphatic rings. The number of fused-ring (bicyclic) bond motifs is 1. The highest BCUT2D eigenvalue weighted by Crippen LogP contribution is 2.35. The quantitative estimate of drug-likeness (QED) is 0.580. The normalized spacial score (nSPS) is 15.6. The summed E-state index contributed by atoms with van der Waals surface area (Å²) in [4.78, 5) is 12.5. The van der Waals surface area contributed by atoms with E-state index < -0.39 is 6.04 Å². The van der Waals surface area contributed by atoms with Crippen LogP contribution in [0.1, 0.15) is 0 Å². The van der Waals surface area contributed by atoms with E-state index in [1.807, 2.05) is 54.6 Å². The van der Waals surface area contributed by atoms with Gasteiger partial charge in [0.2, 0.25) is 5.91 Å². The van der Waals surface area contributed by atoms with Crippen molar-refractivity contribution in [3.8, 4) is 11.3 Å². The second-order valence-electron chi connectivity index (χ2n) is 5.77. The van der Waals surface area contributed by atoms with Crippen molar-refractivity contribution in [1.29, 1.82) is 0 Å². The van der Waals surface area contributed by atoms with Gasteiger partial charge in [-0.25, -0.2) is 0 Å². The van der Waals surface area contributed by atoms with E-state index >= 15 is 0 Å². The molecule has 0 radical (unpaired) electrons. The number of aromatic nitrogens is 2. The summed E-state index contributed by atoms with van der Waals surface area (Å²) in [6.07, 6.45) is 0. The Morgan fingerprint density at radius 3 is 2.80 bits per heavy atom. The Hall–Kier alpha value is -2.99. The lowest BCUT2D eigenvalue weighted by molar-refractivity contribution is -0.116. The summed E-state index contributed by atoms with van der Waals surface area (Å²) in [5.41, 5.74) is 3.23. The van der Waals surface area contributed by atoms with Gasteiger partial charge < -0.3 is 16.0 Å². The second kappa shape index (κ2) is 6.49. The molecule has 4 N–H and O–H groups in total. The van der Waals surface area contributed by atoms with E-state index in [0.717, 1.165) is 22.6 Å². The van der Waals surface area contributed by atoms with Crippen LogP contribution in [0.2, 0.25) is 5.02 Å². The van der Waals surface area contributed by atoms with Crippen LogP contribution >= 0.6 is 11.6 Å². The molecule has 2 aromatic carbocycles. The zero-order valence-corrected chi connectivity index (χ0v) is 14.0. The van der Waals surface area contributed by atoms with Gasteiger partial charge in [0.05, 0.1) is 5.69 Å². The van der Waals surface area contributed by atoms with Gasteiger partial charge in [-0.3, -0.25) is 9.89 Å².